The molecule has 1 rings (SSSR count). The van der Waals surface area contributed by atoms with Crippen LogP contribution in [0.1, 0.15) is 29.3 Å². The van der Waals surface area contributed by atoms with Crippen molar-refractivity contribution in [3.8, 4) is 0 Å². The van der Waals surface area contributed by atoms with Gasteiger partial charge in [0.1, 0.15) is 5.82 Å². The van der Waals surface area contributed by atoms with Gasteiger partial charge in [0.2, 0.25) is 0 Å². The fourth-order valence-corrected chi connectivity index (χ4v) is 1.93. The Morgan fingerprint density at radius 2 is 2.00 bits per heavy atom. The van der Waals surface area contributed by atoms with Crippen LogP contribution in [0.5, 0.6) is 0 Å². The molecule has 0 saturated heterocycles. The summed E-state index contributed by atoms with van der Waals surface area (Å²) in [5.74, 6) is -0.0498. The van der Waals surface area contributed by atoms with Crippen LogP contribution in [-0.2, 0) is 0 Å². The zero-order valence-electron chi connectivity index (χ0n) is 12.2. The summed E-state index contributed by atoms with van der Waals surface area (Å²) in [6.07, 6.45) is 2.47. The number of carboxylic acid groups (broad SMARTS) is 1. The van der Waals surface area contributed by atoms with Gasteiger partial charge in [0.05, 0.1) is 5.56 Å². The highest BCUT2D eigenvalue weighted by Gasteiger charge is 2.13. The van der Waals surface area contributed by atoms with E-state index in [0.717, 1.165) is 37.4 Å². The van der Waals surface area contributed by atoms with E-state index in [2.05, 4.69) is 21.7 Å². The van der Waals surface area contributed by atoms with E-state index in [0.29, 0.717) is 0 Å². The lowest BCUT2D eigenvalue weighted by Crippen LogP contribution is -2.33. The molecule has 1 aromatic heterocycles. The first-order valence-corrected chi connectivity index (χ1v) is 6.55. The van der Waals surface area contributed by atoms with Crippen molar-refractivity contribution >= 4 is 11.8 Å². The number of anilines is 1. The third-order valence-corrected chi connectivity index (χ3v) is 2.91. The minimum atomic E-state index is -0.933. The zero-order chi connectivity index (χ0) is 14.4. The molecule has 0 aliphatic carbocycles. The normalized spacial score (nSPS) is 10.8. The second kappa shape index (κ2) is 7.09. The van der Waals surface area contributed by atoms with Gasteiger partial charge in [0, 0.05) is 25.8 Å². The van der Waals surface area contributed by atoms with Gasteiger partial charge in [-0.25, -0.2) is 9.78 Å². The summed E-state index contributed by atoms with van der Waals surface area (Å²) in [5.41, 5.74) is 1.15. The van der Waals surface area contributed by atoms with E-state index in [1.54, 1.807) is 6.07 Å². The Hall–Kier alpha value is -1.62. The van der Waals surface area contributed by atoms with Crippen molar-refractivity contribution < 1.29 is 9.90 Å². The molecule has 0 radical (unpaired) electrons. The Morgan fingerprint density at radius 1 is 1.32 bits per heavy atom. The maximum atomic E-state index is 10.9. The van der Waals surface area contributed by atoms with Gasteiger partial charge in [-0.1, -0.05) is 6.92 Å². The summed E-state index contributed by atoms with van der Waals surface area (Å²) in [5, 5.41) is 8.96. The summed E-state index contributed by atoms with van der Waals surface area (Å²) in [7, 11) is 4.08. The Balaban J connectivity index is 2.92. The average molecular weight is 265 g/mol. The third kappa shape index (κ3) is 4.52. The number of likely N-dealkylation sites (N-methyl/N-ethyl adjacent to an activating group) is 1. The van der Waals surface area contributed by atoms with Gasteiger partial charge < -0.3 is 14.9 Å². The monoisotopic (exact) mass is 265 g/mol. The van der Waals surface area contributed by atoms with Gasteiger partial charge in [-0.05, 0) is 39.1 Å². The van der Waals surface area contributed by atoms with Crippen molar-refractivity contribution in [3.63, 3.8) is 0 Å². The molecule has 5 heteroatoms. The van der Waals surface area contributed by atoms with Gasteiger partial charge in [0.25, 0.3) is 0 Å². The highest BCUT2D eigenvalue weighted by molar-refractivity contribution is 5.87. The number of pyridine rings is 1. The maximum absolute atomic E-state index is 10.9. The zero-order valence-corrected chi connectivity index (χ0v) is 12.2. The lowest BCUT2D eigenvalue weighted by atomic mass is 10.2. The average Bonchev–Trinajstić information content (AvgIpc) is 2.34. The van der Waals surface area contributed by atoms with E-state index in [-0.39, 0.29) is 5.56 Å². The molecule has 0 aromatic carbocycles. The first-order valence-electron chi connectivity index (χ1n) is 6.55. The van der Waals surface area contributed by atoms with Gasteiger partial charge in [0.15, 0.2) is 0 Å². The molecular weight excluding hydrogens is 242 g/mol. The quantitative estimate of drug-likeness (QED) is 0.815. The van der Waals surface area contributed by atoms with Crippen LogP contribution in [0.3, 0.4) is 0 Å². The predicted molar refractivity (Wildman–Crippen MR) is 77.0 cm³/mol. The van der Waals surface area contributed by atoms with Crippen LogP contribution >= 0.6 is 0 Å². The van der Waals surface area contributed by atoms with Gasteiger partial charge in [-0.2, -0.15) is 0 Å². The van der Waals surface area contributed by atoms with Crippen molar-refractivity contribution in [2.45, 2.75) is 20.3 Å². The first-order chi connectivity index (χ1) is 8.95. The number of nitrogens with zero attached hydrogens (tertiary/aromatic N) is 3. The van der Waals surface area contributed by atoms with Crippen LogP contribution in [0.4, 0.5) is 5.82 Å². The number of aromatic nitrogens is 1. The van der Waals surface area contributed by atoms with Crippen molar-refractivity contribution in [2.24, 2.45) is 0 Å². The molecule has 0 aliphatic heterocycles. The van der Waals surface area contributed by atoms with E-state index in [4.69, 9.17) is 5.11 Å². The van der Waals surface area contributed by atoms with Crippen LogP contribution in [-0.4, -0.2) is 54.7 Å². The van der Waals surface area contributed by atoms with E-state index in [1.807, 2.05) is 21.0 Å². The smallest absolute Gasteiger partial charge is 0.337 e. The van der Waals surface area contributed by atoms with Crippen LogP contribution in [0.2, 0.25) is 0 Å². The fourth-order valence-electron chi connectivity index (χ4n) is 1.93. The number of hydrogen-bond acceptors (Lipinski definition) is 4. The van der Waals surface area contributed by atoms with Gasteiger partial charge in [-0.3, -0.25) is 0 Å². The van der Waals surface area contributed by atoms with E-state index in [9.17, 15) is 4.79 Å². The number of hydrogen-bond donors (Lipinski definition) is 1. The molecule has 1 heterocycles. The summed E-state index contributed by atoms with van der Waals surface area (Å²) >= 11 is 0. The minimum absolute atomic E-state index is 0.241. The molecule has 5 nitrogen and oxygen atoms in total. The fraction of sp³-hybridized carbons (Fsp3) is 0.571. The number of aryl methyl sites for hydroxylation is 1. The van der Waals surface area contributed by atoms with Crippen molar-refractivity contribution in [2.75, 3.05) is 38.6 Å². The van der Waals surface area contributed by atoms with E-state index in [1.165, 1.54) is 6.20 Å². The van der Waals surface area contributed by atoms with Gasteiger partial charge >= 0.3 is 5.97 Å². The van der Waals surface area contributed by atoms with Crippen molar-refractivity contribution in [1.82, 2.24) is 9.88 Å². The van der Waals surface area contributed by atoms with Crippen LogP contribution in [0, 0.1) is 6.92 Å². The topological polar surface area (TPSA) is 56.7 Å². The van der Waals surface area contributed by atoms with E-state index >= 15 is 0 Å². The van der Waals surface area contributed by atoms with E-state index < -0.39 is 5.97 Å². The van der Waals surface area contributed by atoms with Crippen molar-refractivity contribution in [3.05, 3.63) is 23.4 Å². The molecule has 106 valence electrons. The lowest BCUT2D eigenvalue weighted by molar-refractivity contribution is 0.0696. The Labute approximate surface area is 114 Å². The third-order valence-electron chi connectivity index (χ3n) is 2.91. The van der Waals surface area contributed by atoms with Crippen LogP contribution < -0.4 is 4.90 Å². The number of rotatable bonds is 7. The molecule has 0 aliphatic rings. The van der Waals surface area contributed by atoms with Crippen molar-refractivity contribution in [1.29, 1.82) is 0 Å². The molecule has 0 fully saturated rings. The minimum Gasteiger partial charge on any atom is -0.478 e. The second-order valence-corrected chi connectivity index (χ2v) is 4.96. The standard InChI is InChI=1S/C14H23N3O2/c1-5-6-17(8-7-16(3)4)13-11(2)9-12(10-15-13)14(18)19/h9-10H,5-8H2,1-4H3,(H,18,19). The molecule has 19 heavy (non-hydrogen) atoms. The Kier molecular flexibility index (Phi) is 5.76. The SMILES string of the molecule is CCCN(CCN(C)C)c1ncc(C(=O)O)cc1C. The number of carbonyl (C=O) groups is 1. The molecule has 0 bridgehead atoms. The maximum Gasteiger partial charge on any atom is 0.337 e. The summed E-state index contributed by atoms with van der Waals surface area (Å²) < 4.78 is 0. The molecular formula is C14H23N3O2. The summed E-state index contributed by atoms with van der Waals surface area (Å²) in [6, 6.07) is 1.68. The summed E-state index contributed by atoms with van der Waals surface area (Å²) in [6.45, 7) is 6.80. The molecule has 0 saturated carbocycles. The number of aromatic carboxylic acids is 1. The summed E-state index contributed by atoms with van der Waals surface area (Å²) in [4.78, 5) is 19.6. The Morgan fingerprint density at radius 3 is 2.47 bits per heavy atom. The van der Waals surface area contributed by atoms with Crippen LogP contribution in [0.15, 0.2) is 12.3 Å². The highest BCUT2D eigenvalue weighted by Crippen LogP contribution is 2.18. The van der Waals surface area contributed by atoms with Crippen LogP contribution in [0.25, 0.3) is 0 Å². The molecule has 0 spiro atoms. The molecule has 0 amide bonds. The molecule has 1 aromatic rings. The molecule has 1 N–H and O–H groups in total. The van der Waals surface area contributed by atoms with Gasteiger partial charge in [-0.15, -0.1) is 0 Å². The molecule has 0 atom stereocenters. The number of carboxylic acids is 1. The largest absolute Gasteiger partial charge is 0.478 e. The Bertz CT molecular complexity index is 433. The highest BCUT2D eigenvalue weighted by atomic mass is 16.4. The first kappa shape index (κ1) is 15.4. The predicted octanol–water partition coefficient (Wildman–Crippen LogP) is 1.87. The molecule has 0 unspecified atom stereocenters. The lowest BCUT2D eigenvalue weighted by Gasteiger charge is -2.26. The second-order valence-electron chi connectivity index (χ2n) is 4.96.